The van der Waals surface area contributed by atoms with E-state index in [1.807, 2.05) is 23.1 Å². The molecule has 1 amide bonds. The van der Waals surface area contributed by atoms with Gasteiger partial charge < -0.3 is 10.6 Å². The van der Waals surface area contributed by atoms with E-state index in [0.29, 0.717) is 12.5 Å². The first-order valence-electron chi connectivity index (χ1n) is 8.18. The van der Waals surface area contributed by atoms with Gasteiger partial charge in [-0.2, -0.15) is 0 Å². The zero-order valence-electron chi connectivity index (χ0n) is 13.4. The summed E-state index contributed by atoms with van der Waals surface area (Å²) in [4.78, 5) is 19.9. The number of likely N-dealkylation sites (tertiary alicyclic amines) is 1. The van der Waals surface area contributed by atoms with Crippen molar-refractivity contribution in [3.8, 4) is 0 Å². The van der Waals surface area contributed by atoms with E-state index in [1.54, 1.807) is 6.20 Å². The van der Waals surface area contributed by atoms with Crippen molar-refractivity contribution < 1.29 is 4.79 Å². The van der Waals surface area contributed by atoms with Crippen LogP contribution in [0.3, 0.4) is 0 Å². The van der Waals surface area contributed by atoms with Gasteiger partial charge in [0, 0.05) is 25.6 Å². The first-order valence-corrected chi connectivity index (χ1v) is 9.00. The van der Waals surface area contributed by atoms with E-state index in [1.165, 1.54) is 16.9 Å². The van der Waals surface area contributed by atoms with Gasteiger partial charge in [-0.25, -0.2) is 4.98 Å². The fourth-order valence-corrected chi connectivity index (χ4v) is 4.17. The number of piperidine rings is 1. The Morgan fingerprint density at radius 2 is 2.17 bits per heavy atom. The normalized spacial score (nSPS) is 21.4. The molecule has 1 aromatic heterocycles. The molecule has 122 valence electrons. The number of carbonyl (C=O) groups is 1. The lowest BCUT2D eigenvalue weighted by Gasteiger charge is -2.39. The largest absolute Gasteiger partial charge is 0.333 e. The fraction of sp³-hybridized carbons (Fsp3) is 0.444. The second kappa shape index (κ2) is 7.23. The number of nitrogens with two attached hydrogens (primary N) is 1. The minimum atomic E-state index is 0.0869. The van der Waals surface area contributed by atoms with Crippen molar-refractivity contribution in [2.24, 2.45) is 11.7 Å². The molecule has 2 heterocycles. The molecule has 2 atom stereocenters. The zero-order chi connectivity index (χ0) is 16.2. The highest BCUT2D eigenvalue weighted by Crippen LogP contribution is 2.26. The van der Waals surface area contributed by atoms with Crippen molar-refractivity contribution in [2.75, 3.05) is 13.1 Å². The number of carbonyl (C=O) groups excluding carboxylic acids is 1. The summed E-state index contributed by atoms with van der Waals surface area (Å²) in [6.07, 6.45) is 4.69. The Hall–Kier alpha value is -1.72. The first-order chi connectivity index (χ1) is 11.2. The monoisotopic (exact) mass is 329 g/mol. The molecule has 0 bridgehead atoms. The molecule has 0 aliphatic carbocycles. The van der Waals surface area contributed by atoms with Crippen molar-refractivity contribution in [3.05, 3.63) is 52.0 Å². The topological polar surface area (TPSA) is 59.2 Å². The van der Waals surface area contributed by atoms with Crippen LogP contribution < -0.4 is 5.73 Å². The van der Waals surface area contributed by atoms with Crippen LogP contribution in [0.4, 0.5) is 0 Å². The van der Waals surface area contributed by atoms with Crippen LogP contribution in [-0.2, 0) is 6.42 Å². The summed E-state index contributed by atoms with van der Waals surface area (Å²) >= 11 is 1.50. The van der Waals surface area contributed by atoms with E-state index >= 15 is 0 Å². The number of nitrogens with zero attached hydrogens (tertiary/aromatic N) is 2. The zero-order valence-corrected chi connectivity index (χ0v) is 14.3. The van der Waals surface area contributed by atoms with Gasteiger partial charge in [0.05, 0.1) is 11.2 Å². The van der Waals surface area contributed by atoms with Crippen LogP contribution in [0.2, 0.25) is 0 Å². The Morgan fingerprint density at radius 1 is 1.39 bits per heavy atom. The van der Waals surface area contributed by atoms with Gasteiger partial charge in [0.15, 0.2) is 0 Å². The summed E-state index contributed by atoms with van der Waals surface area (Å²) in [5.41, 5.74) is 7.12. The lowest BCUT2D eigenvalue weighted by molar-refractivity contribution is 0.0537. The van der Waals surface area contributed by atoms with Gasteiger partial charge in [-0.1, -0.05) is 37.3 Å². The summed E-state index contributed by atoms with van der Waals surface area (Å²) in [5, 5.41) is 0.980. The number of aromatic nitrogens is 1. The van der Waals surface area contributed by atoms with Crippen LogP contribution in [0.5, 0.6) is 0 Å². The smallest absolute Gasteiger partial charge is 0.265 e. The second-order valence-electron chi connectivity index (χ2n) is 6.20. The van der Waals surface area contributed by atoms with Crippen LogP contribution in [0.25, 0.3) is 0 Å². The van der Waals surface area contributed by atoms with Gasteiger partial charge in [0.1, 0.15) is 4.88 Å². The molecule has 4 nitrogen and oxygen atoms in total. The maximum Gasteiger partial charge on any atom is 0.265 e. The van der Waals surface area contributed by atoms with Gasteiger partial charge in [-0.05, 0) is 24.3 Å². The number of benzene rings is 1. The van der Waals surface area contributed by atoms with E-state index in [0.717, 1.165) is 35.7 Å². The highest BCUT2D eigenvalue weighted by Gasteiger charge is 2.32. The molecule has 1 aliphatic heterocycles. The Bertz CT molecular complexity index is 655. The van der Waals surface area contributed by atoms with Crippen LogP contribution in [0.15, 0.2) is 36.5 Å². The number of thiazole rings is 1. The number of rotatable bonds is 4. The predicted molar refractivity (Wildman–Crippen MR) is 93.6 cm³/mol. The van der Waals surface area contributed by atoms with Crippen LogP contribution in [-0.4, -0.2) is 34.9 Å². The molecule has 1 fully saturated rings. The molecule has 3 rings (SSSR count). The predicted octanol–water partition coefficient (Wildman–Crippen LogP) is 2.93. The van der Waals surface area contributed by atoms with Crippen molar-refractivity contribution in [3.63, 3.8) is 0 Å². The highest BCUT2D eigenvalue weighted by molar-refractivity contribution is 7.13. The number of hydrogen-bond acceptors (Lipinski definition) is 4. The summed E-state index contributed by atoms with van der Waals surface area (Å²) in [7, 11) is 0. The molecule has 1 saturated heterocycles. The average Bonchev–Trinajstić information content (AvgIpc) is 3.03. The lowest BCUT2D eigenvalue weighted by atomic mass is 9.90. The molecule has 1 aromatic carbocycles. The van der Waals surface area contributed by atoms with Crippen molar-refractivity contribution in [1.82, 2.24) is 9.88 Å². The van der Waals surface area contributed by atoms with E-state index in [-0.39, 0.29) is 11.9 Å². The van der Waals surface area contributed by atoms with Crippen LogP contribution >= 0.6 is 11.3 Å². The van der Waals surface area contributed by atoms with E-state index < -0.39 is 0 Å². The molecular weight excluding hydrogens is 306 g/mol. The maximum absolute atomic E-state index is 12.8. The third-order valence-electron chi connectivity index (χ3n) is 4.58. The van der Waals surface area contributed by atoms with E-state index in [4.69, 9.17) is 5.73 Å². The summed E-state index contributed by atoms with van der Waals surface area (Å²) in [5.74, 6) is 0.554. The molecule has 0 radical (unpaired) electrons. The van der Waals surface area contributed by atoms with Gasteiger partial charge >= 0.3 is 0 Å². The van der Waals surface area contributed by atoms with Gasteiger partial charge in [0.2, 0.25) is 0 Å². The Morgan fingerprint density at radius 3 is 2.91 bits per heavy atom. The quantitative estimate of drug-likeness (QED) is 0.938. The second-order valence-corrected chi connectivity index (χ2v) is 7.32. The molecule has 0 spiro atoms. The molecule has 23 heavy (non-hydrogen) atoms. The van der Waals surface area contributed by atoms with Crippen molar-refractivity contribution in [1.29, 1.82) is 0 Å². The van der Waals surface area contributed by atoms with Gasteiger partial charge in [0.25, 0.3) is 5.91 Å². The number of amides is 1. The fourth-order valence-electron chi connectivity index (χ4n) is 3.26. The third-order valence-corrected chi connectivity index (χ3v) is 5.57. The highest BCUT2D eigenvalue weighted by atomic mass is 32.1. The summed E-state index contributed by atoms with van der Waals surface area (Å²) < 4.78 is 0. The molecular formula is C18H23N3OS. The SMILES string of the molecule is C[C@@H]1CCCN(C(=O)c2cnc(Cc3ccccc3)s2)[C@@H]1CN. The van der Waals surface area contributed by atoms with Gasteiger partial charge in [-0.15, -0.1) is 11.3 Å². The lowest BCUT2D eigenvalue weighted by Crippen LogP contribution is -2.51. The number of hydrogen-bond donors (Lipinski definition) is 1. The Balaban J connectivity index is 1.73. The van der Waals surface area contributed by atoms with E-state index in [2.05, 4.69) is 24.0 Å². The molecule has 2 aromatic rings. The van der Waals surface area contributed by atoms with Gasteiger partial charge in [-0.3, -0.25) is 4.79 Å². The minimum Gasteiger partial charge on any atom is -0.333 e. The standard InChI is InChI=1S/C18H23N3OS/c1-13-6-5-9-21(15(13)11-19)18(22)16-12-20-17(23-16)10-14-7-3-2-4-8-14/h2-4,7-8,12-13,15H,5-6,9-11,19H2,1H3/t13-,15-/m1/s1. The molecule has 5 heteroatoms. The van der Waals surface area contributed by atoms with Crippen molar-refractivity contribution in [2.45, 2.75) is 32.2 Å². The molecule has 1 aliphatic rings. The Labute approximate surface area is 141 Å². The van der Waals surface area contributed by atoms with Crippen molar-refractivity contribution >= 4 is 17.2 Å². The maximum atomic E-state index is 12.8. The third kappa shape index (κ3) is 3.62. The van der Waals surface area contributed by atoms with Crippen LogP contribution in [0, 0.1) is 5.92 Å². The first kappa shape index (κ1) is 16.1. The molecule has 0 unspecified atom stereocenters. The van der Waals surface area contributed by atoms with E-state index in [9.17, 15) is 4.79 Å². The minimum absolute atomic E-state index is 0.0869. The molecule has 0 saturated carbocycles. The van der Waals surface area contributed by atoms with Crippen LogP contribution in [0.1, 0.15) is 40.0 Å². The summed E-state index contributed by atoms with van der Waals surface area (Å²) in [6, 6.07) is 10.4. The average molecular weight is 329 g/mol. The molecule has 2 N–H and O–H groups in total. The Kier molecular flexibility index (Phi) is 5.08. The summed E-state index contributed by atoms with van der Waals surface area (Å²) in [6.45, 7) is 3.52.